The Bertz CT molecular complexity index is 573. The Hall–Kier alpha value is -0.470. The number of nitrogens with two attached hydrogens (primary N) is 1. The molecule has 0 atom stereocenters. The molecule has 0 unspecified atom stereocenters. The Kier molecular flexibility index (Phi) is 4.77. The molecule has 1 aromatic rings. The molecule has 1 heterocycles. The van der Waals surface area contributed by atoms with Crippen LogP contribution in [0.2, 0.25) is 17.1 Å². The fourth-order valence-electron chi connectivity index (χ4n) is 3.19. The molecule has 1 aliphatic rings. The summed E-state index contributed by atoms with van der Waals surface area (Å²) in [4.78, 5) is 0. The van der Waals surface area contributed by atoms with E-state index in [1.165, 1.54) is 11.0 Å². The highest BCUT2D eigenvalue weighted by molar-refractivity contribution is 6.69. The number of halogens is 1. The van der Waals surface area contributed by atoms with Gasteiger partial charge >= 0.3 is 6.92 Å². The van der Waals surface area contributed by atoms with E-state index < -0.39 is 0 Å². The van der Waals surface area contributed by atoms with Crippen molar-refractivity contribution < 1.29 is 4.65 Å². The van der Waals surface area contributed by atoms with E-state index in [1.807, 2.05) is 7.85 Å². The lowest BCUT2D eigenvalue weighted by Gasteiger charge is -2.34. The van der Waals surface area contributed by atoms with Crippen molar-refractivity contribution in [1.82, 2.24) is 0 Å². The molecule has 1 saturated heterocycles. The molecular weight excluding hydrogens is 289 g/mol. The van der Waals surface area contributed by atoms with Gasteiger partial charge in [-0.15, -0.1) is 0 Å². The first kappa shape index (κ1) is 17.9. The van der Waals surface area contributed by atoms with E-state index in [2.05, 4.69) is 49.5 Å². The first-order valence-corrected chi connectivity index (χ1v) is 8.59. The molecule has 2 rings (SSSR count). The number of hydrogen-bond acceptors (Lipinski definition) is 2. The molecule has 0 radical (unpaired) electrons. The zero-order valence-corrected chi connectivity index (χ0v) is 15.8. The van der Waals surface area contributed by atoms with Crippen LogP contribution in [-0.2, 0) is 11.1 Å². The average molecular weight is 315 g/mol. The highest BCUT2D eigenvalue weighted by Crippen LogP contribution is 2.45. The van der Waals surface area contributed by atoms with Crippen molar-refractivity contribution in [2.24, 2.45) is 5.41 Å². The molecule has 22 heavy (non-hydrogen) atoms. The standard InChI is InChI=1S/C15H26B4ClNO/c1-14(2)7-19(22-15(14,3)4)9-6-10(21)12(18)13(20)8(9)5-11(16)17/h6,11H,5,7,16-18,21H2,1-4H3. The minimum Gasteiger partial charge on any atom is -0.426 e. The first-order chi connectivity index (χ1) is 9.96. The van der Waals surface area contributed by atoms with Crippen LogP contribution >= 0.6 is 11.6 Å². The van der Waals surface area contributed by atoms with Gasteiger partial charge in [0.05, 0.1) is 21.3 Å². The van der Waals surface area contributed by atoms with Crippen molar-refractivity contribution in [3.05, 3.63) is 16.7 Å². The number of nitrogen functional groups attached to an aromatic ring is 1. The third kappa shape index (κ3) is 3.10. The maximum atomic E-state index is 6.63. The lowest BCUT2D eigenvalue weighted by molar-refractivity contribution is 0.0375. The van der Waals surface area contributed by atoms with Crippen molar-refractivity contribution in [2.75, 3.05) is 5.73 Å². The van der Waals surface area contributed by atoms with E-state index in [1.54, 1.807) is 0 Å². The molecule has 0 aliphatic carbocycles. The van der Waals surface area contributed by atoms with Crippen LogP contribution in [0.5, 0.6) is 0 Å². The van der Waals surface area contributed by atoms with E-state index in [9.17, 15) is 0 Å². The van der Waals surface area contributed by atoms with Gasteiger partial charge in [-0.1, -0.05) is 31.2 Å². The van der Waals surface area contributed by atoms with Gasteiger partial charge < -0.3 is 10.4 Å². The molecule has 1 aromatic carbocycles. The fourth-order valence-corrected chi connectivity index (χ4v) is 3.48. The van der Waals surface area contributed by atoms with Crippen molar-refractivity contribution >= 4 is 58.7 Å². The van der Waals surface area contributed by atoms with E-state index >= 15 is 0 Å². The largest absolute Gasteiger partial charge is 0.426 e. The van der Waals surface area contributed by atoms with Gasteiger partial charge in [0.2, 0.25) is 0 Å². The van der Waals surface area contributed by atoms with Crippen LogP contribution in [0, 0.1) is 5.41 Å². The van der Waals surface area contributed by atoms with Gasteiger partial charge in [0.25, 0.3) is 0 Å². The van der Waals surface area contributed by atoms with Gasteiger partial charge in [-0.3, -0.25) is 0 Å². The van der Waals surface area contributed by atoms with Crippen molar-refractivity contribution in [2.45, 2.75) is 51.8 Å². The number of hydrogen-bond donors (Lipinski definition) is 1. The molecule has 0 saturated carbocycles. The summed E-state index contributed by atoms with van der Waals surface area (Å²) in [6.07, 6.45) is 1.94. The van der Waals surface area contributed by atoms with Crippen molar-refractivity contribution in [3.63, 3.8) is 0 Å². The zero-order valence-electron chi connectivity index (χ0n) is 15.0. The summed E-state index contributed by atoms with van der Waals surface area (Å²) < 4.78 is 6.41. The lowest BCUT2D eigenvalue weighted by atomic mass is 9.52. The number of benzene rings is 1. The first-order valence-electron chi connectivity index (χ1n) is 8.21. The van der Waals surface area contributed by atoms with E-state index in [0.29, 0.717) is 5.72 Å². The third-order valence-electron chi connectivity index (χ3n) is 5.41. The average Bonchev–Trinajstić information content (AvgIpc) is 2.58. The van der Waals surface area contributed by atoms with Crippen LogP contribution in [0.25, 0.3) is 0 Å². The SMILES string of the molecule is Bc1c(N)cc(B2CC(C)(C)C(C)(C)O2)c(CC(B)B)c1Cl. The Balaban J connectivity index is 2.52. The van der Waals surface area contributed by atoms with E-state index in [0.717, 1.165) is 28.9 Å². The highest BCUT2D eigenvalue weighted by Gasteiger charge is 2.50. The molecular formula is C15H26B4ClNO. The molecule has 7 heteroatoms. The maximum Gasteiger partial charge on any atom is 0.328 e. The molecule has 1 aliphatic heterocycles. The number of anilines is 1. The molecule has 0 amide bonds. The minimum absolute atomic E-state index is 0.0687. The Morgan fingerprint density at radius 1 is 1.36 bits per heavy atom. The second-order valence-corrected chi connectivity index (χ2v) is 8.65. The summed E-state index contributed by atoms with van der Waals surface area (Å²) >= 11 is 6.63. The van der Waals surface area contributed by atoms with Crippen LogP contribution in [0.3, 0.4) is 0 Å². The van der Waals surface area contributed by atoms with Crippen molar-refractivity contribution in [1.29, 1.82) is 0 Å². The molecule has 0 bridgehead atoms. The van der Waals surface area contributed by atoms with Crippen molar-refractivity contribution in [3.8, 4) is 0 Å². The highest BCUT2D eigenvalue weighted by atomic mass is 35.5. The molecule has 116 valence electrons. The summed E-state index contributed by atoms with van der Waals surface area (Å²) in [6.45, 7) is 8.96. The quantitative estimate of drug-likeness (QED) is 0.618. The van der Waals surface area contributed by atoms with Gasteiger partial charge in [0.1, 0.15) is 7.85 Å². The normalized spacial score (nSPS) is 19.8. The van der Waals surface area contributed by atoms with Crippen LogP contribution in [0.4, 0.5) is 5.69 Å². The predicted molar refractivity (Wildman–Crippen MR) is 108 cm³/mol. The fraction of sp³-hybridized carbons (Fsp3) is 0.600. The smallest absolute Gasteiger partial charge is 0.328 e. The Morgan fingerprint density at radius 2 is 1.95 bits per heavy atom. The summed E-state index contributed by atoms with van der Waals surface area (Å²) in [6, 6.07) is 2.08. The second kappa shape index (κ2) is 5.87. The monoisotopic (exact) mass is 315 g/mol. The van der Waals surface area contributed by atoms with Crippen LogP contribution in [0.15, 0.2) is 6.07 Å². The second-order valence-electron chi connectivity index (χ2n) is 8.28. The summed E-state index contributed by atoms with van der Waals surface area (Å²) in [5.41, 5.74) is 10.8. The Morgan fingerprint density at radius 3 is 2.41 bits per heavy atom. The van der Waals surface area contributed by atoms with Gasteiger partial charge in [0, 0.05) is 10.7 Å². The molecule has 2 nitrogen and oxygen atoms in total. The molecule has 0 aromatic heterocycles. The molecule has 0 spiro atoms. The van der Waals surface area contributed by atoms with Crippen LogP contribution < -0.4 is 16.7 Å². The van der Waals surface area contributed by atoms with Gasteiger partial charge in [-0.25, -0.2) is 0 Å². The Labute approximate surface area is 143 Å². The molecule has 2 N–H and O–H groups in total. The molecule has 1 fully saturated rings. The van der Waals surface area contributed by atoms with Gasteiger partial charge in [-0.05, 0) is 54.6 Å². The third-order valence-corrected chi connectivity index (χ3v) is 5.92. The predicted octanol–water partition coefficient (Wildman–Crippen LogP) is -0.231. The van der Waals surface area contributed by atoms with E-state index in [4.69, 9.17) is 22.0 Å². The zero-order chi connectivity index (χ0) is 16.9. The van der Waals surface area contributed by atoms with Gasteiger partial charge in [0.15, 0.2) is 0 Å². The minimum atomic E-state index is -0.154. The van der Waals surface area contributed by atoms with Crippen LogP contribution in [-0.4, -0.2) is 36.1 Å². The summed E-state index contributed by atoms with van der Waals surface area (Å²) in [5, 5.41) is 0.815. The van der Waals surface area contributed by atoms with Gasteiger partial charge in [-0.2, -0.15) is 0 Å². The summed E-state index contributed by atoms with van der Waals surface area (Å²) in [5.74, 6) is 0. The van der Waals surface area contributed by atoms with E-state index in [-0.39, 0.29) is 17.9 Å². The van der Waals surface area contributed by atoms with Crippen LogP contribution in [0.1, 0.15) is 33.3 Å². The maximum absolute atomic E-state index is 6.63. The topological polar surface area (TPSA) is 35.2 Å². The summed E-state index contributed by atoms with van der Waals surface area (Å²) in [7, 11) is 6.43. The number of rotatable bonds is 3. The lowest BCUT2D eigenvalue weighted by Crippen LogP contribution is -2.38.